The van der Waals surface area contributed by atoms with Crippen LogP contribution in [-0.4, -0.2) is 20.1 Å². The van der Waals surface area contributed by atoms with Crippen LogP contribution in [-0.2, 0) is 16.4 Å². The van der Waals surface area contributed by atoms with Gasteiger partial charge in [-0.05, 0) is 51.3 Å². The predicted octanol–water partition coefficient (Wildman–Crippen LogP) is 5.67. The van der Waals surface area contributed by atoms with E-state index in [9.17, 15) is 21.8 Å². The van der Waals surface area contributed by atoms with E-state index < -0.39 is 39.2 Å². The topological polar surface area (TPSA) is 42.0 Å². The van der Waals surface area contributed by atoms with Crippen molar-refractivity contribution in [3.8, 4) is 0 Å². The number of rotatable bonds is 5. The Bertz CT molecular complexity index is 904. The highest BCUT2D eigenvalue weighted by Gasteiger charge is 2.66. The van der Waals surface area contributed by atoms with Crippen molar-refractivity contribution in [3.05, 3.63) is 50.7 Å². The van der Waals surface area contributed by atoms with Gasteiger partial charge in [0.1, 0.15) is 16.2 Å². The van der Waals surface area contributed by atoms with Crippen molar-refractivity contribution in [3.63, 3.8) is 0 Å². The number of aromatic nitrogens is 1. The molecule has 3 rings (SSSR count). The summed E-state index contributed by atoms with van der Waals surface area (Å²) in [5, 5.41) is 1.39. The molecule has 1 aliphatic rings. The summed E-state index contributed by atoms with van der Waals surface area (Å²) < 4.78 is 68.8. The molecule has 2 atom stereocenters. The number of hydrogen-bond acceptors (Lipinski definition) is 3. The minimum absolute atomic E-state index is 0.00319. The lowest BCUT2D eigenvalue weighted by atomic mass is 10.0. The van der Waals surface area contributed by atoms with Gasteiger partial charge in [-0.3, -0.25) is 0 Å². The van der Waals surface area contributed by atoms with Crippen LogP contribution >= 0.6 is 22.9 Å². The van der Waals surface area contributed by atoms with Gasteiger partial charge in [0, 0.05) is 5.38 Å². The maximum atomic E-state index is 13.6. The summed E-state index contributed by atoms with van der Waals surface area (Å²) in [7, 11) is -1.54. The summed E-state index contributed by atoms with van der Waals surface area (Å²) >= 11 is 6.81. The number of halogens is 5. The lowest BCUT2D eigenvalue weighted by molar-refractivity contribution is -0.160. The average Bonchev–Trinajstić information content (AvgIpc) is 3.26. The fourth-order valence-corrected chi connectivity index (χ4v) is 4.80. The Hall–Kier alpha value is -1.03. The van der Waals surface area contributed by atoms with Crippen LogP contribution < -0.4 is 4.72 Å². The monoisotopic (exact) mass is 454 g/mol. The third-order valence-corrected chi connectivity index (χ3v) is 7.49. The van der Waals surface area contributed by atoms with Gasteiger partial charge in [-0.15, -0.1) is 11.3 Å². The molecule has 154 valence electrons. The zero-order valence-electron chi connectivity index (χ0n) is 15.4. The smallest absolute Gasteiger partial charge is 0.243 e. The van der Waals surface area contributed by atoms with Crippen molar-refractivity contribution in [2.45, 2.75) is 56.0 Å². The molecule has 0 aliphatic heterocycles. The number of hydrogen-bond donors (Lipinski definition) is 1. The van der Waals surface area contributed by atoms with Gasteiger partial charge in [-0.2, -0.15) is 13.2 Å². The molecule has 2 aromatic rings. The van der Waals surface area contributed by atoms with Crippen molar-refractivity contribution in [1.29, 1.82) is 0 Å². The van der Waals surface area contributed by atoms with E-state index in [2.05, 4.69) is 9.71 Å². The lowest BCUT2D eigenvalue weighted by Gasteiger charge is -2.24. The Labute approximate surface area is 172 Å². The summed E-state index contributed by atoms with van der Waals surface area (Å²) in [6.07, 6.45) is -4.34. The second-order valence-electron chi connectivity index (χ2n) is 7.76. The van der Waals surface area contributed by atoms with Crippen LogP contribution in [0.2, 0.25) is 5.02 Å². The van der Waals surface area contributed by atoms with E-state index in [-0.39, 0.29) is 22.9 Å². The van der Waals surface area contributed by atoms with Crippen molar-refractivity contribution in [2.75, 3.05) is 0 Å². The molecule has 1 fully saturated rings. The van der Waals surface area contributed by atoms with Gasteiger partial charge in [0.05, 0.1) is 32.5 Å². The SMILES string of the molecule is CC(C)(C)[S@@](=O)NC(c1ccc(F)c(Cl)c1)c1csc(C2(C(F)(F)F)CC2)n1. The summed E-state index contributed by atoms with van der Waals surface area (Å²) in [4.78, 5) is 4.24. The van der Waals surface area contributed by atoms with E-state index in [0.29, 0.717) is 11.3 Å². The Morgan fingerprint density at radius 2 is 1.93 bits per heavy atom. The first-order chi connectivity index (χ1) is 12.8. The van der Waals surface area contributed by atoms with Crippen LogP contribution in [0, 0.1) is 5.82 Å². The molecule has 1 unspecified atom stereocenters. The molecule has 1 aliphatic carbocycles. The first-order valence-electron chi connectivity index (χ1n) is 8.51. The Morgan fingerprint density at radius 1 is 1.29 bits per heavy atom. The van der Waals surface area contributed by atoms with Gasteiger partial charge in [0.15, 0.2) is 0 Å². The third-order valence-electron chi connectivity index (χ3n) is 4.58. The summed E-state index contributed by atoms with van der Waals surface area (Å²) in [5.41, 5.74) is -1.11. The van der Waals surface area contributed by atoms with E-state index in [1.165, 1.54) is 17.5 Å². The van der Waals surface area contributed by atoms with E-state index in [1.807, 2.05) is 0 Å². The van der Waals surface area contributed by atoms with Crippen LogP contribution in [0.3, 0.4) is 0 Å². The molecule has 1 N–H and O–H groups in total. The van der Waals surface area contributed by atoms with E-state index >= 15 is 0 Å². The fraction of sp³-hybridized carbons (Fsp3) is 0.500. The second-order valence-corrected chi connectivity index (χ2v) is 11.0. The zero-order valence-corrected chi connectivity index (χ0v) is 17.8. The molecule has 0 amide bonds. The molecule has 0 saturated heterocycles. The maximum Gasteiger partial charge on any atom is 0.400 e. The Morgan fingerprint density at radius 3 is 2.43 bits per heavy atom. The zero-order chi connectivity index (χ0) is 20.9. The van der Waals surface area contributed by atoms with Crippen LogP contribution in [0.4, 0.5) is 17.6 Å². The number of benzene rings is 1. The van der Waals surface area contributed by atoms with Crippen LogP contribution in [0.15, 0.2) is 23.6 Å². The van der Waals surface area contributed by atoms with Gasteiger partial charge in [-0.1, -0.05) is 17.7 Å². The lowest BCUT2D eigenvalue weighted by Crippen LogP contribution is -2.36. The largest absolute Gasteiger partial charge is 0.400 e. The molecule has 10 heteroatoms. The van der Waals surface area contributed by atoms with Crippen LogP contribution in [0.1, 0.15) is 55.9 Å². The summed E-state index contributed by atoms with van der Waals surface area (Å²) in [5.74, 6) is -0.617. The highest BCUT2D eigenvalue weighted by atomic mass is 35.5. The van der Waals surface area contributed by atoms with Gasteiger partial charge in [-0.25, -0.2) is 18.3 Å². The van der Waals surface area contributed by atoms with Gasteiger partial charge in [0.2, 0.25) is 0 Å². The highest BCUT2D eigenvalue weighted by molar-refractivity contribution is 7.84. The normalized spacial score (nSPS) is 18.7. The second kappa shape index (κ2) is 7.34. The van der Waals surface area contributed by atoms with Crippen molar-refractivity contribution in [2.24, 2.45) is 0 Å². The van der Waals surface area contributed by atoms with Crippen molar-refractivity contribution < 1.29 is 21.8 Å². The number of nitrogens with one attached hydrogen (secondary N) is 1. The average molecular weight is 455 g/mol. The summed E-state index contributed by atoms with van der Waals surface area (Å²) in [6.45, 7) is 5.29. The number of thiazole rings is 1. The maximum absolute atomic E-state index is 13.6. The number of alkyl halides is 3. The molecular weight excluding hydrogens is 436 g/mol. The van der Waals surface area contributed by atoms with Gasteiger partial charge >= 0.3 is 6.18 Å². The first kappa shape index (κ1) is 21.7. The summed E-state index contributed by atoms with van der Waals surface area (Å²) in [6, 6.07) is 3.20. The molecule has 3 nitrogen and oxygen atoms in total. The Balaban J connectivity index is 2.00. The van der Waals surface area contributed by atoms with E-state index in [4.69, 9.17) is 11.6 Å². The van der Waals surface area contributed by atoms with Gasteiger partial charge in [0.25, 0.3) is 0 Å². The van der Waals surface area contributed by atoms with Crippen LogP contribution in [0.5, 0.6) is 0 Å². The van der Waals surface area contributed by atoms with E-state index in [1.54, 1.807) is 20.8 Å². The minimum Gasteiger partial charge on any atom is -0.243 e. The molecule has 1 aromatic carbocycles. The third kappa shape index (κ3) is 4.13. The van der Waals surface area contributed by atoms with Crippen molar-refractivity contribution in [1.82, 2.24) is 9.71 Å². The first-order valence-corrected chi connectivity index (χ1v) is 10.9. The molecule has 0 spiro atoms. The predicted molar refractivity (Wildman–Crippen MR) is 103 cm³/mol. The molecule has 0 bridgehead atoms. The van der Waals surface area contributed by atoms with Crippen LogP contribution in [0.25, 0.3) is 0 Å². The minimum atomic E-state index is -4.36. The molecule has 1 aromatic heterocycles. The molecule has 1 heterocycles. The highest BCUT2D eigenvalue weighted by Crippen LogP contribution is 2.59. The van der Waals surface area contributed by atoms with Crippen molar-refractivity contribution >= 4 is 33.9 Å². The number of nitrogens with zero attached hydrogens (tertiary/aromatic N) is 1. The van der Waals surface area contributed by atoms with Gasteiger partial charge < -0.3 is 0 Å². The fourth-order valence-electron chi connectivity index (χ4n) is 2.66. The Kier molecular flexibility index (Phi) is 5.68. The molecule has 0 radical (unpaired) electrons. The molecule has 28 heavy (non-hydrogen) atoms. The molecule has 1 saturated carbocycles. The van der Waals surface area contributed by atoms with E-state index in [0.717, 1.165) is 17.4 Å². The quantitative estimate of drug-likeness (QED) is 0.591. The standard InChI is InChI=1S/C18H19ClF4N2OS2/c1-16(2,3)28(26)25-14(10-4-5-12(20)11(19)8-10)13-9-27-15(24-13)17(6-7-17)18(21,22)23/h4-5,8-9,14,25H,6-7H2,1-3H3/t14?,28-/m1/s1. The molecular formula is C18H19ClF4N2OS2.